The number of nitrogens with one attached hydrogen (secondary N) is 1. The van der Waals surface area contributed by atoms with Gasteiger partial charge in [-0.05, 0) is 18.4 Å². The Labute approximate surface area is 98.6 Å². The van der Waals surface area contributed by atoms with Crippen molar-refractivity contribution in [2.45, 2.75) is 20.3 Å². The van der Waals surface area contributed by atoms with Crippen molar-refractivity contribution in [2.24, 2.45) is 0 Å². The van der Waals surface area contributed by atoms with E-state index in [1.165, 1.54) is 0 Å². The Hall–Kier alpha value is -1.62. The predicted molar refractivity (Wildman–Crippen MR) is 68.2 cm³/mol. The fraction of sp³-hybridized carbons (Fsp3) is 0.273. The van der Waals surface area contributed by atoms with Crippen molar-refractivity contribution in [1.82, 2.24) is 9.97 Å². The van der Waals surface area contributed by atoms with E-state index in [2.05, 4.69) is 15.3 Å². The zero-order valence-corrected chi connectivity index (χ0v) is 10.1. The summed E-state index contributed by atoms with van der Waals surface area (Å²) in [4.78, 5) is 8.64. The lowest BCUT2D eigenvalue weighted by Gasteiger charge is -2.10. The Bertz CT molecular complexity index is 479. The second kappa shape index (κ2) is 4.49. The number of aromatic nitrogens is 2. The Morgan fingerprint density at radius 3 is 2.88 bits per heavy atom. The Kier molecular flexibility index (Phi) is 3.05. The van der Waals surface area contributed by atoms with Crippen LogP contribution in [0.25, 0.3) is 0 Å². The maximum Gasteiger partial charge on any atom is 0.139 e. The molecule has 2 aromatic rings. The lowest BCUT2D eigenvalue weighted by molar-refractivity contribution is 0.940. The van der Waals surface area contributed by atoms with Gasteiger partial charge in [0.25, 0.3) is 0 Å². The van der Waals surface area contributed by atoms with Gasteiger partial charge in [-0.2, -0.15) is 11.3 Å². The van der Waals surface area contributed by atoms with Crippen LogP contribution in [-0.2, 0) is 6.42 Å². The van der Waals surface area contributed by atoms with Gasteiger partial charge in [0.1, 0.15) is 17.5 Å². The van der Waals surface area contributed by atoms with Gasteiger partial charge in [0.05, 0.1) is 5.69 Å². The highest BCUT2D eigenvalue weighted by atomic mass is 32.1. The molecule has 0 saturated carbocycles. The van der Waals surface area contributed by atoms with Gasteiger partial charge in [-0.1, -0.05) is 6.92 Å². The van der Waals surface area contributed by atoms with Crippen molar-refractivity contribution < 1.29 is 0 Å². The molecule has 0 amide bonds. The lowest BCUT2D eigenvalue weighted by atomic mass is 10.3. The molecule has 4 nitrogen and oxygen atoms in total. The molecule has 84 valence electrons. The number of hydrogen-bond acceptors (Lipinski definition) is 5. The molecular weight excluding hydrogens is 220 g/mol. The van der Waals surface area contributed by atoms with E-state index in [0.29, 0.717) is 5.82 Å². The number of nitrogens with zero attached hydrogens (tertiary/aromatic N) is 2. The molecule has 0 aliphatic heterocycles. The van der Waals surface area contributed by atoms with Gasteiger partial charge in [-0.15, -0.1) is 0 Å². The summed E-state index contributed by atoms with van der Waals surface area (Å²) in [7, 11) is 0. The highest BCUT2D eigenvalue weighted by Gasteiger charge is 2.07. The molecular formula is C11H14N4S. The van der Waals surface area contributed by atoms with Crippen molar-refractivity contribution in [3.63, 3.8) is 0 Å². The normalized spacial score (nSPS) is 10.4. The Morgan fingerprint density at radius 1 is 1.44 bits per heavy atom. The van der Waals surface area contributed by atoms with Crippen LogP contribution in [0.3, 0.4) is 0 Å². The molecule has 2 heterocycles. The smallest absolute Gasteiger partial charge is 0.139 e. The van der Waals surface area contributed by atoms with Gasteiger partial charge in [0.15, 0.2) is 0 Å². The second-order valence-corrected chi connectivity index (χ2v) is 4.27. The first-order valence-corrected chi connectivity index (χ1v) is 6.07. The predicted octanol–water partition coefficient (Wildman–Crippen LogP) is 2.73. The highest BCUT2D eigenvalue weighted by molar-refractivity contribution is 7.08. The van der Waals surface area contributed by atoms with Crippen LogP contribution in [-0.4, -0.2) is 9.97 Å². The van der Waals surface area contributed by atoms with E-state index in [1.54, 1.807) is 11.3 Å². The molecule has 2 rings (SSSR count). The van der Waals surface area contributed by atoms with Crippen molar-refractivity contribution >= 4 is 28.7 Å². The largest absolute Gasteiger partial charge is 0.383 e. The number of aryl methyl sites for hydroxylation is 1. The zero-order chi connectivity index (χ0) is 11.5. The van der Waals surface area contributed by atoms with Crippen LogP contribution in [0.2, 0.25) is 0 Å². The van der Waals surface area contributed by atoms with Crippen molar-refractivity contribution in [3.05, 3.63) is 28.2 Å². The number of rotatable bonds is 3. The first-order valence-electron chi connectivity index (χ1n) is 5.13. The third-order valence-electron chi connectivity index (χ3n) is 2.33. The molecule has 0 radical (unpaired) electrons. The monoisotopic (exact) mass is 234 g/mol. The Balaban J connectivity index is 2.36. The standard InChI is InChI=1S/C11H14N4S/c1-3-9-14-10(12)7(2)11(15-9)13-8-4-5-16-6-8/h4-6H,3H2,1-2H3,(H3,12,13,14,15). The molecule has 0 atom stereocenters. The summed E-state index contributed by atoms with van der Waals surface area (Å²) in [5.74, 6) is 2.10. The molecule has 16 heavy (non-hydrogen) atoms. The highest BCUT2D eigenvalue weighted by Crippen LogP contribution is 2.23. The lowest BCUT2D eigenvalue weighted by Crippen LogP contribution is -2.06. The molecule has 3 N–H and O–H groups in total. The maximum atomic E-state index is 5.84. The van der Waals surface area contributed by atoms with Crippen LogP contribution < -0.4 is 11.1 Å². The molecule has 0 aliphatic rings. The van der Waals surface area contributed by atoms with Crippen LogP contribution >= 0.6 is 11.3 Å². The number of nitrogens with two attached hydrogens (primary N) is 1. The van der Waals surface area contributed by atoms with Gasteiger partial charge in [0, 0.05) is 17.4 Å². The van der Waals surface area contributed by atoms with Gasteiger partial charge in [0.2, 0.25) is 0 Å². The SMILES string of the molecule is CCc1nc(N)c(C)c(Nc2ccsc2)n1. The molecule has 2 aromatic heterocycles. The quantitative estimate of drug-likeness (QED) is 0.857. The van der Waals surface area contributed by atoms with E-state index >= 15 is 0 Å². The molecule has 0 aromatic carbocycles. The van der Waals surface area contributed by atoms with Gasteiger partial charge < -0.3 is 11.1 Å². The van der Waals surface area contributed by atoms with Gasteiger partial charge in [-0.3, -0.25) is 0 Å². The number of nitrogen functional groups attached to an aromatic ring is 1. The van der Waals surface area contributed by atoms with Crippen LogP contribution in [0.15, 0.2) is 16.8 Å². The van der Waals surface area contributed by atoms with Crippen LogP contribution in [0, 0.1) is 6.92 Å². The van der Waals surface area contributed by atoms with E-state index in [9.17, 15) is 0 Å². The fourth-order valence-electron chi connectivity index (χ4n) is 1.33. The van der Waals surface area contributed by atoms with Crippen LogP contribution in [0.1, 0.15) is 18.3 Å². The van der Waals surface area contributed by atoms with E-state index in [4.69, 9.17) is 5.73 Å². The average molecular weight is 234 g/mol. The summed E-state index contributed by atoms with van der Waals surface area (Å²) in [5.41, 5.74) is 7.76. The molecule has 0 fully saturated rings. The average Bonchev–Trinajstić information content (AvgIpc) is 2.77. The Morgan fingerprint density at radius 2 is 2.25 bits per heavy atom. The number of thiophene rings is 1. The minimum absolute atomic E-state index is 0.546. The van der Waals surface area contributed by atoms with E-state index in [0.717, 1.165) is 29.3 Å². The third kappa shape index (κ3) is 2.14. The number of hydrogen-bond donors (Lipinski definition) is 2. The second-order valence-electron chi connectivity index (χ2n) is 3.49. The van der Waals surface area contributed by atoms with Gasteiger partial charge in [-0.25, -0.2) is 9.97 Å². The molecule has 0 aliphatic carbocycles. The summed E-state index contributed by atoms with van der Waals surface area (Å²) in [6.45, 7) is 3.93. The maximum absolute atomic E-state index is 5.84. The number of anilines is 3. The summed E-state index contributed by atoms with van der Waals surface area (Å²) in [6, 6.07) is 2.01. The van der Waals surface area contributed by atoms with Crippen LogP contribution in [0.4, 0.5) is 17.3 Å². The minimum Gasteiger partial charge on any atom is -0.383 e. The summed E-state index contributed by atoms with van der Waals surface area (Å²) in [6.07, 6.45) is 0.781. The van der Waals surface area contributed by atoms with Crippen LogP contribution in [0.5, 0.6) is 0 Å². The fourth-order valence-corrected chi connectivity index (χ4v) is 1.92. The van der Waals surface area contributed by atoms with Gasteiger partial charge >= 0.3 is 0 Å². The first-order chi connectivity index (χ1) is 7.70. The molecule has 5 heteroatoms. The van der Waals surface area contributed by atoms with Crippen molar-refractivity contribution in [1.29, 1.82) is 0 Å². The summed E-state index contributed by atoms with van der Waals surface area (Å²) in [5, 5.41) is 7.29. The molecule has 0 saturated heterocycles. The first kappa shape index (κ1) is 10.9. The van der Waals surface area contributed by atoms with Crippen molar-refractivity contribution in [2.75, 3.05) is 11.1 Å². The topological polar surface area (TPSA) is 63.8 Å². The summed E-state index contributed by atoms with van der Waals surface area (Å²) >= 11 is 1.64. The molecule has 0 unspecified atom stereocenters. The van der Waals surface area contributed by atoms with Crippen molar-refractivity contribution in [3.8, 4) is 0 Å². The minimum atomic E-state index is 0.546. The summed E-state index contributed by atoms with van der Waals surface area (Å²) < 4.78 is 0. The third-order valence-corrected chi connectivity index (χ3v) is 3.01. The van der Waals surface area contributed by atoms with E-state index in [-0.39, 0.29) is 0 Å². The van der Waals surface area contributed by atoms with E-state index in [1.807, 2.05) is 30.7 Å². The van der Waals surface area contributed by atoms with E-state index < -0.39 is 0 Å². The molecule has 0 bridgehead atoms. The molecule has 0 spiro atoms. The zero-order valence-electron chi connectivity index (χ0n) is 9.32.